The molecule has 120 valence electrons. The van der Waals surface area contributed by atoms with Gasteiger partial charge in [0.1, 0.15) is 5.82 Å². The smallest absolute Gasteiger partial charge is 0.256 e. The Labute approximate surface area is 140 Å². The van der Waals surface area contributed by atoms with Crippen LogP contribution in [0.4, 0.5) is 11.6 Å². The van der Waals surface area contributed by atoms with E-state index in [-0.39, 0.29) is 5.91 Å². The molecule has 2 aromatic carbocycles. The number of anilines is 2. The van der Waals surface area contributed by atoms with Crippen LogP contribution in [0.2, 0.25) is 0 Å². The summed E-state index contributed by atoms with van der Waals surface area (Å²) in [5.41, 5.74) is 3.02. The summed E-state index contributed by atoms with van der Waals surface area (Å²) in [6.45, 7) is 2.75. The Morgan fingerprint density at radius 1 is 0.875 bits per heavy atom. The predicted molar refractivity (Wildman–Crippen MR) is 94.9 cm³/mol. The van der Waals surface area contributed by atoms with E-state index in [0.717, 1.165) is 0 Å². The number of nitrogens with zero attached hydrogens (tertiary/aromatic N) is 2. The summed E-state index contributed by atoms with van der Waals surface area (Å²) >= 11 is 0. The number of benzene rings is 2. The molecule has 0 saturated carbocycles. The van der Waals surface area contributed by atoms with Crippen LogP contribution in [-0.2, 0) is 6.54 Å². The molecule has 0 fully saturated rings. The first-order valence-corrected chi connectivity index (χ1v) is 7.71. The number of rotatable bonds is 5. The predicted octanol–water partition coefficient (Wildman–Crippen LogP) is 3.65. The van der Waals surface area contributed by atoms with Gasteiger partial charge in [-0.1, -0.05) is 42.5 Å². The summed E-state index contributed by atoms with van der Waals surface area (Å²) in [6.07, 6.45) is 0. The summed E-state index contributed by atoms with van der Waals surface area (Å²) in [5.74, 6) is 0.881. The molecule has 5 heteroatoms. The van der Waals surface area contributed by atoms with Crippen molar-refractivity contribution in [3.63, 3.8) is 0 Å². The van der Waals surface area contributed by atoms with Gasteiger partial charge in [0.15, 0.2) is 5.82 Å². The summed E-state index contributed by atoms with van der Waals surface area (Å²) in [4.78, 5) is 12.1. The number of aromatic nitrogens is 2. The van der Waals surface area contributed by atoms with E-state index >= 15 is 0 Å². The third-order valence-electron chi connectivity index (χ3n) is 3.66. The molecule has 0 aliphatic rings. The van der Waals surface area contributed by atoms with Gasteiger partial charge in [-0.3, -0.25) is 4.79 Å². The third-order valence-corrected chi connectivity index (χ3v) is 3.66. The zero-order valence-electron chi connectivity index (χ0n) is 13.4. The number of nitrogens with one attached hydrogen (secondary N) is 2. The van der Waals surface area contributed by atoms with Gasteiger partial charge in [0.05, 0.1) is 0 Å². The molecular formula is C19H18N4O. The van der Waals surface area contributed by atoms with E-state index in [2.05, 4.69) is 39.9 Å². The third kappa shape index (κ3) is 3.95. The van der Waals surface area contributed by atoms with E-state index in [0.29, 0.717) is 23.7 Å². The zero-order valence-corrected chi connectivity index (χ0v) is 13.4. The van der Waals surface area contributed by atoms with E-state index in [4.69, 9.17) is 0 Å². The Balaban J connectivity index is 1.59. The Kier molecular flexibility index (Phi) is 4.81. The Hall–Kier alpha value is -3.21. The average Bonchev–Trinajstić information content (AvgIpc) is 2.63. The highest BCUT2D eigenvalue weighted by Gasteiger charge is 2.06. The van der Waals surface area contributed by atoms with Crippen LogP contribution in [0.15, 0.2) is 66.7 Å². The number of amides is 1. The average molecular weight is 318 g/mol. The van der Waals surface area contributed by atoms with Crippen LogP contribution in [0.3, 0.4) is 0 Å². The molecule has 0 aliphatic heterocycles. The first kappa shape index (κ1) is 15.7. The second kappa shape index (κ2) is 7.37. The highest BCUT2D eigenvalue weighted by atomic mass is 16.1. The van der Waals surface area contributed by atoms with E-state index in [1.165, 1.54) is 11.1 Å². The molecule has 0 atom stereocenters. The lowest BCUT2D eigenvalue weighted by Gasteiger charge is -2.08. The van der Waals surface area contributed by atoms with Crippen LogP contribution in [0.5, 0.6) is 0 Å². The van der Waals surface area contributed by atoms with Crippen molar-refractivity contribution in [3.8, 4) is 0 Å². The van der Waals surface area contributed by atoms with Crippen molar-refractivity contribution >= 4 is 17.5 Å². The van der Waals surface area contributed by atoms with Gasteiger partial charge < -0.3 is 10.6 Å². The molecule has 0 radical (unpaired) electrons. The minimum absolute atomic E-state index is 0.203. The van der Waals surface area contributed by atoms with Crippen LogP contribution in [0, 0.1) is 6.92 Å². The molecule has 3 aromatic rings. The van der Waals surface area contributed by atoms with Crippen molar-refractivity contribution in [2.24, 2.45) is 0 Å². The molecule has 0 aliphatic carbocycles. The molecule has 1 aromatic heterocycles. The van der Waals surface area contributed by atoms with Crippen LogP contribution < -0.4 is 10.6 Å². The van der Waals surface area contributed by atoms with Crippen LogP contribution in [0.25, 0.3) is 0 Å². The van der Waals surface area contributed by atoms with Gasteiger partial charge in [-0.2, -0.15) is 0 Å². The van der Waals surface area contributed by atoms with Crippen molar-refractivity contribution < 1.29 is 4.79 Å². The minimum atomic E-state index is -0.203. The molecule has 1 amide bonds. The first-order valence-electron chi connectivity index (χ1n) is 7.71. The maximum atomic E-state index is 12.1. The van der Waals surface area contributed by atoms with E-state index in [1.807, 2.05) is 30.3 Å². The zero-order chi connectivity index (χ0) is 16.8. The minimum Gasteiger partial charge on any atom is -0.364 e. The summed E-state index contributed by atoms with van der Waals surface area (Å²) in [7, 11) is 0. The van der Waals surface area contributed by atoms with Crippen molar-refractivity contribution in [1.82, 2.24) is 10.2 Å². The Morgan fingerprint density at radius 3 is 2.25 bits per heavy atom. The molecule has 5 nitrogen and oxygen atoms in total. The normalized spacial score (nSPS) is 10.2. The molecule has 24 heavy (non-hydrogen) atoms. The maximum Gasteiger partial charge on any atom is 0.256 e. The Bertz CT molecular complexity index is 816. The monoisotopic (exact) mass is 318 g/mol. The number of hydrogen-bond donors (Lipinski definition) is 2. The van der Waals surface area contributed by atoms with E-state index in [1.54, 1.807) is 24.3 Å². The van der Waals surface area contributed by atoms with E-state index < -0.39 is 0 Å². The van der Waals surface area contributed by atoms with Crippen LogP contribution in [-0.4, -0.2) is 16.1 Å². The van der Waals surface area contributed by atoms with Crippen molar-refractivity contribution in [2.45, 2.75) is 13.5 Å². The molecular weight excluding hydrogens is 300 g/mol. The highest BCUT2D eigenvalue weighted by Crippen LogP contribution is 2.12. The number of hydrogen-bond acceptors (Lipinski definition) is 4. The van der Waals surface area contributed by atoms with Crippen molar-refractivity contribution in [3.05, 3.63) is 83.4 Å². The lowest BCUT2D eigenvalue weighted by molar-refractivity contribution is 0.102. The van der Waals surface area contributed by atoms with Crippen LogP contribution in [0.1, 0.15) is 21.5 Å². The number of carbonyl (C=O) groups excluding carboxylic acids is 1. The highest BCUT2D eigenvalue weighted by molar-refractivity contribution is 6.03. The first-order chi connectivity index (χ1) is 11.7. The standard InChI is InChI=1S/C19H18N4O/c1-14-7-5-6-10-16(14)13-20-17-11-12-18(23-22-17)21-19(24)15-8-3-2-4-9-15/h2-12H,13H2,1H3,(H,20,22)(H,21,23,24). The lowest BCUT2D eigenvalue weighted by Crippen LogP contribution is -2.13. The molecule has 0 saturated heterocycles. The van der Waals surface area contributed by atoms with Gasteiger partial charge in [-0.05, 0) is 42.3 Å². The quantitative estimate of drug-likeness (QED) is 0.753. The van der Waals surface area contributed by atoms with Gasteiger partial charge in [-0.25, -0.2) is 0 Å². The molecule has 0 unspecified atom stereocenters. The summed E-state index contributed by atoms with van der Waals surface area (Å²) in [6, 6.07) is 20.7. The van der Waals surface area contributed by atoms with Crippen molar-refractivity contribution in [1.29, 1.82) is 0 Å². The largest absolute Gasteiger partial charge is 0.364 e. The van der Waals surface area contributed by atoms with Gasteiger partial charge in [0.2, 0.25) is 0 Å². The molecule has 3 rings (SSSR count). The summed E-state index contributed by atoms with van der Waals surface area (Å²) in [5, 5.41) is 14.1. The fraction of sp³-hybridized carbons (Fsp3) is 0.105. The molecule has 0 bridgehead atoms. The number of carbonyl (C=O) groups is 1. The van der Waals surface area contributed by atoms with Gasteiger partial charge >= 0.3 is 0 Å². The van der Waals surface area contributed by atoms with Gasteiger partial charge in [0, 0.05) is 12.1 Å². The molecule has 0 spiro atoms. The molecule has 1 heterocycles. The topological polar surface area (TPSA) is 66.9 Å². The second-order valence-corrected chi connectivity index (χ2v) is 5.40. The van der Waals surface area contributed by atoms with E-state index in [9.17, 15) is 4.79 Å². The van der Waals surface area contributed by atoms with Crippen molar-refractivity contribution in [2.75, 3.05) is 10.6 Å². The summed E-state index contributed by atoms with van der Waals surface area (Å²) < 4.78 is 0. The lowest BCUT2D eigenvalue weighted by atomic mass is 10.1. The Morgan fingerprint density at radius 2 is 1.54 bits per heavy atom. The molecule has 2 N–H and O–H groups in total. The van der Waals surface area contributed by atoms with Gasteiger partial charge in [0.25, 0.3) is 5.91 Å². The van der Waals surface area contributed by atoms with Gasteiger partial charge in [-0.15, -0.1) is 10.2 Å². The van der Waals surface area contributed by atoms with Crippen LogP contribution >= 0.6 is 0 Å². The fourth-order valence-electron chi connectivity index (χ4n) is 2.27. The number of aryl methyl sites for hydroxylation is 1. The maximum absolute atomic E-state index is 12.1. The SMILES string of the molecule is Cc1ccccc1CNc1ccc(NC(=O)c2ccccc2)nn1. The fourth-order valence-corrected chi connectivity index (χ4v) is 2.27. The second-order valence-electron chi connectivity index (χ2n) is 5.40.